The van der Waals surface area contributed by atoms with Gasteiger partial charge in [-0.05, 0) is 29.9 Å². The highest BCUT2D eigenvalue weighted by Crippen LogP contribution is 2.31. The number of hydrogen-bond donors (Lipinski definition) is 2. The molecule has 0 spiro atoms. The van der Waals surface area contributed by atoms with Gasteiger partial charge >= 0.3 is 0 Å². The second-order valence-electron chi connectivity index (χ2n) is 4.89. The summed E-state index contributed by atoms with van der Waals surface area (Å²) >= 11 is 5.42. The first-order valence-corrected chi connectivity index (χ1v) is 6.79. The molecule has 1 unspecified atom stereocenters. The van der Waals surface area contributed by atoms with Crippen molar-refractivity contribution in [1.82, 2.24) is 15.1 Å². The van der Waals surface area contributed by atoms with Crippen molar-refractivity contribution in [3.8, 4) is 5.75 Å². The molecule has 2 N–H and O–H groups in total. The maximum absolute atomic E-state index is 5.60. The van der Waals surface area contributed by atoms with E-state index in [2.05, 4.69) is 27.7 Å². The maximum atomic E-state index is 5.60. The summed E-state index contributed by atoms with van der Waals surface area (Å²) in [6.45, 7) is 2.34. The molecule has 5 nitrogen and oxygen atoms in total. The molecule has 3 rings (SSSR count). The first-order valence-electron chi connectivity index (χ1n) is 6.39. The first-order chi connectivity index (χ1) is 9.16. The van der Waals surface area contributed by atoms with Crippen molar-refractivity contribution in [1.29, 1.82) is 0 Å². The van der Waals surface area contributed by atoms with Crippen LogP contribution in [-0.2, 0) is 0 Å². The van der Waals surface area contributed by atoms with E-state index >= 15 is 0 Å². The highest BCUT2D eigenvalue weighted by Gasteiger charge is 2.27. The second-order valence-corrected chi connectivity index (χ2v) is 5.25. The molecule has 2 aliphatic heterocycles. The fraction of sp³-hybridized carbons (Fsp3) is 0.462. The number of hydrogen-bond acceptors (Lipinski definition) is 4. The Bertz CT molecular complexity index is 507. The van der Waals surface area contributed by atoms with E-state index in [4.69, 9.17) is 17.0 Å². The lowest BCUT2D eigenvalue weighted by Crippen LogP contribution is -2.54. The Labute approximate surface area is 118 Å². The van der Waals surface area contributed by atoms with Crippen molar-refractivity contribution >= 4 is 23.0 Å². The molecule has 0 aliphatic carbocycles. The third kappa shape index (κ3) is 2.21. The summed E-state index contributed by atoms with van der Waals surface area (Å²) in [6, 6.07) is 6.25. The minimum atomic E-state index is 0.109. The molecule has 1 aromatic rings. The van der Waals surface area contributed by atoms with Gasteiger partial charge in [0.2, 0.25) is 0 Å². The molecule has 0 radical (unpaired) electrons. The molecule has 1 saturated heterocycles. The van der Waals surface area contributed by atoms with Gasteiger partial charge in [0.25, 0.3) is 0 Å². The van der Waals surface area contributed by atoms with Gasteiger partial charge in [0, 0.05) is 20.6 Å². The first kappa shape index (κ1) is 12.5. The molecule has 2 heterocycles. The average molecular weight is 278 g/mol. The topological polar surface area (TPSA) is 39.8 Å². The molecule has 0 saturated carbocycles. The molecule has 19 heavy (non-hydrogen) atoms. The zero-order valence-electron chi connectivity index (χ0n) is 11.1. The van der Waals surface area contributed by atoms with E-state index < -0.39 is 0 Å². The van der Waals surface area contributed by atoms with Gasteiger partial charge < -0.3 is 19.9 Å². The normalized spacial score (nSPS) is 22.6. The highest BCUT2D eigenvalue weighted by atomic mass is 32.1. The zero-order valence-corrected chi connectivity index (χ0v) is 12.0. The van der Waals surface area contributed by atoms with E-state index in [1.165, 1.54) is 5.56 Å². The van der Waals surface area contributed by atoms with Gasteiger partial charge in [0.15, 0.2) is 5.11 Å². The van der Waals surface area contributed by atoms with Crippen molar-refractivity contribution in [2.75, 3.05) is 39.2 Å². The fourth-order valence-electron chi connectivity index (χ4n) is 2.48. The number of thiocarbonyl (C=S) groups is 1. The van der Waals surface area contributed by atoms with Crippen molar-refractivity contribution in [3.63, 3.8) is 0 Å². The number of ether oxygens (including phenoxy) is 1. The Kier molecular flexibility index (Phi) is 3.20. The summed E-state index contributed by atoms with van der Waals surface area (Å²) in [6.07, 6.45) is 0.109. The van der Waals surface area contributed by atoms with Crippen LogP contribution < -0.4 is 15.4 Å². The molecule has 1 aromatic carbocycles. The maximum Gasteiger partial charge on any atom is 0.173 e. The number of nitrogens with one attached hydrogen (secondary N) is 2. The largest absolute Gasteiger partial charge is 0.490 e. The van der Waals surface area contributed by atoms with Crippen molar-refractivity contribution < 1.29 is 4.74 Å². The standard InChI is InChI=1S/C13H18N4OS/c1-16-8-15-12(17(2)13(16)19)9-3-4-11-10(7-9)14-5-6-18-11/h3-4,7,12,14-15H,5-6,8H2,1-2H3. The van der Waals surface area contributed by atoms with Crippen LogP contribution in [-0.4, -0.2) is 48.8 Å². The number of rotatable bonds is 1. The molecule has 0 bridgehead atoms. The third-order valence-electron chi connectivity index (χ3n) is 3.53. The van der Waals surface area contributed by atoms with Gasteiger partial charge in [-0.3, -0.25) is 5.32 Å². The van der Waals surface area contributed by atoms with Gasteiger partial charge in [-0.25, -0.2) is 0 Å². The quantitative estimate of drug-likeness (QED) is 0.752. The van der Waals surface area contributed by atoms with E-state index in [0.717, 1.165) is 36.4 Å². The monoisotopic (exact) mass is 278 g/mol. The van der Waals surface area contributed by atoms with E-state index in [9.17, 15) is 0 Å². The minimum absolute atomic E-state index is 0.109. The zero-order chi connectivity index (χ0) is 13.4. The van der Waals surface area contributed by atoms with Crippen LogP contribution in [0.15, 0.2) is 18.2 Å². The van der Waals surface area contributed by atoms with Crippen LogP contribution in [0.5, 0.6) is 5.75 Å². The summed E-state index contributed by atoms with van der Waals surface area (Å²) in [5.41, 5.74) is 2.25. The number of benzene rings is 1. The molecule has 6 heteroatoms. The minimum Gasteiger partial charge on any atom is -0.490 e. The van der Waals surface area contributed by atoms with Crippen molar-refractivity contribution in [3.05, 3.63) is 23.8 Å². The second kappa shape index (κ2) is 4.86. The van der Waals surface area contributed by atoms with Gasteiger partial charge in [0.05, 0.1) is 12.4 Å². The summed E-state index contributed by atoms with van der Waals surface area (Å²) in [5.74, 6) is 0.924. The van der Waals surface area contributed by atoms with Gasteiger partial charge in [0.1, 0.15) is 18.5 Å². The molecule has 102 valence electrons. The summed E-state index contributed by atoms with van der Waals surface area (Å²) in [4.78, 5) is 4.09. The number of nitrogens with zero attached hydrogens (tertiary/aromatic N) is 2. The molecular weight excluding hydrogens is 260 g/mol. The van der Waals surface area contributed by atoms with Crippen molar-refractivity contribution in [2.45, 2.75) is 6.17 Å². The summed E-state index contributed by atoms with van der Waals surface area (Å²) < 4.78 is 5.60. The molecule has 0 amide bonds. The predicted molar refractivity (Wildman–Crippen MR) is 79.3 cm³/mol. The highest BCUT2D eigenvalue weighted by molar-refractivity contribution is 7.80. The van der Waals surface area contributed by atoms with Crippen LogP contribution in [0, 0.1) is 0 Å². The third-order valence-corrected chi connectivity index (χ3v) is 4.13. The van der Waals surface area contributed by atoms with Crippen LogP contribution in [0.4, 0.5) is 5.69 Å². The van der Waals surface area contributed by atoms with E-state index in [-0.39, 0.29) is 6.17 Å². The van der Waals surface area contributed by atoms with Crippen LogP contribution in [0.2, 0.25) is 0 Å². The van der Waals surface area contributed by atoms with Crippen molar-refractivity contribution in [2.24, 2.45) is 0 Å². The molecular formula is C13H18N4OS. The molecule has 0 aromatic heterocycles. The lowest BCUT2D eigenvalue weighted by Gasteiger charge is -2.41. The SMILES string of the molecule is CN1CNC(c2ccc3c(c2)NCCO3)N(C)C1=S. The van der Waals surface area contributed by atoms with Crippen LogP contribution >= 0.6 is 12.2 Å². The van der Waals surface area contributed by atoms with E-state index in [1.807, 2.05) is 25.1 Å². The van der Waals surface area contributed by atoms with Gasteiger partial charge in [-0.1, -0.05) is 6.07 Å². The predicted octanol–water partition coefficient (Wildman–Crippen LogP) is 1.20. The molecule has 2 aliphatic rings. The van der Waals surface area contributed by atoms with Crippen LogP contribution in [0.25, 0.3) is 0 Å². The molecule has 1 atom stereocenters. The van der Waals surface area contributed by atoms with Crippen LogP contribution in [0.1, 0.15) is 11.7 Å². The molecule has 1 fully saturated rings. The Morgan fingerprint density at radius 1 is 1.37 bits per heavy atom. The van der Waals surface area contributed by atoms with Crippen LogP contribution in [0.3, 0.4) is 0 Å². The number of fused-ring (bicyclic) bond motifs is 1. The fourth-order valence-corrected chi connectivity index (χ4v) is 2.65. The van der Waals surface area contributed by atoms with E-state index in [1.54, 1.807) is 0 Å². The average Bonchev–Trinajstić information content (AvgIpc) is 2.44. The van der Waals surface area contributed by atoms with Gasteiger partial charge in [-0.2, -0.15) is 0 Å². The lowest BCUT2D eigenvalue weighted by atomic mass is 10.1. The Morgan fingerprint density at radius 2 is 2.21 bits per heavy atom. The Morgan fingerprint density at radius 3 is 3.05 bits per heavy atom. The number of anilines is 1. The lowest BCUT2D eigenvalue weighted by molar-refractivity contribution is 0.207. The Hall–Kier alpha value is -1.53. The van der Waals surface area contributed by atoms with Gasteiger partial charge in [-0.15, -0.1) is 0 Å². The van der Waals surface area contributed by atoms with E-state index in [0.29, 0.717) is 0 Å². The summed E-state index contributed by atoms with van der Waals surface area (Å²) in [5, 5.41) is 7.68. The Balaban J connectivity index is 1.88. The smallest absolute Gasteiger partial charge is 0.173 e. The summed E-state index contributed by atoms with van der Waals surface area (Å²) in [7, 11) is 4.00.